The summed E-state index contributed by atoms with van der Waals surface area (Å²) in [7, 11) is 1.77. The van der Waals surface area contributed by atoms with E-state index in [-0.39, 0.29) is 11.6 Å². The number of aryl methyl sites for hydroxylation is 1. The summed E-state index contributed by atoms with van der Waals surface area (Å²) in [6, 6.07) is 22.7. The van der Waals surface area contributed by atoms with E-state index in [0.717, 1.165) is 23.1 Å². The van der Waals surface area contributed by atoms with Crippen molar-refractivity contribution < 1.29 is 0 Å². The molecule has 6 heteroatoms. The molecule has 0 aliphatic heterocycles. The summed E-state index contributed by atoms with van der Waals surface area (Å²) in [6.07, 6.45) is 4.33. The molecule has 4 rings (SSSR count). The van der Waals surface area contributed by atoms with Crippen molar-refractivity contribution in [2.24, 2.45) is 7.05 Å². The van der Waals surface area contributed by atoms with Gasteiger partial charge in [-0.05, 0) is 36.6 Å². The highest BCUT2D eigenvalue weighted by Crippen LogP contribution is 2.29. The number of hydrogen-bond acceptors (Lipinski definition) is 5. The van der Waals surface area contributed by atoms with Gasteiger partial charge in [0.25, 0.3) is 5.56 Å². The molecule has 4 aromatic rings. The van der Waals surface area contributed by atoms with Crippen LogP contribution in [0.15, 0.2) is 83.9 Å². The molecule has 35 heavy (non-hydrogen) atoms. The number of pyridine rings is 1. The van der Waals surface area contributed by atoms with Gasteiger partial charge in [0.2, 0.25) is 5.95 Å². The summed E-state index contributed by atoms with van der Waals surface area (Å²) >= 11 is 0. The maximum Gasteiger partial charge on any atom is 0.263 e. The SMILES string of the molecule is Cc1cccc(-c2c(-c3ccncc3)nc(NC[C@H](Cc3ccccc3)NC(C)C)n(C)c2=O)c1. The number of anilines is 1. The molecule has 0 amide bonds. The molecule has 6 nitrogen and oxygen atoms in total. The fourth-order valence-electron chi connectivity index (χ4n) is 4.31. The van der Waals surface area contributed by atoms with Crippen LogP contribution in [0.4, 0.5) is 5.95 Å². The molecule has 0 aliphatic carbocycles. The Morgan fingerprint density at radius 1 is 0.943 bits per heavy atom. The van der Waals surface area contributed by atoms with Crippen LogP contribution in [-0.2, 0) is 13.5 Å². The number of nitrogens with one attached hydrogen (secondary N) is 2. The molecule has 0 radical (unpaired) electrons. The second-order valence-corrected chi connectivity index (χ2v) is 9.22. The minimum atomic E-state index is -0.0867. The van der Waals surface area contributed by atoms with Gasteiger partial charge in [-0.1, -0.05) is 74.0 Å². The van der Waals surface area contributed by atoms with Gasteiger partial charge >= 0.3 is 0 Å². The predicted molar refractivity (Wildman–Crippen MR) is 144 cm³/mol. The van der Waals surface area contributed by atoms with Crippen LogP contribution in [-0.4, -0.2) is 33.2 Å². The minimum absolute atomic E-state index is 0.0867. The normalized spacial score (nSPS) is 12.0. The van der Waals surface area contributed by atoms with Crippen LogP contribution in [0.25, 0.3) is 22.4 Å². The molecule has 0 saturated carbocycles. The summed E-state index contributed by atoms with van der Waals surface area (Å²) in [6.45, 7) is 6.94. The van der Waals surface area contributed by atoms with Crippen molar-refractivity contribution in [1.29, 1.82) is 0 Å². The highest BCUT2D eigenvalue weighted by atomic mass is 16.1. The van der Waals surface area contributed by atoms with E-state index in [4.69, 9.17) is 4.98 Å². The van der Waals surface area contributed by atoms with E-state index in [9.17, 15) is 4.79 Å². The molecule has 0 spiro atoms. The quantitative estimate of drug-likeness (QED) is 0.369. The third kappa shape index (κ3) is 6.03. The molecule has 0 unspecified atom stereocenters. The molecule has 0 bridgehead atoms. The zero-order valence-electron chi connectivity index (χ0n) is 20.8. The van der Waals surface area contributed by atoms with Crippen LogP contribution in [0.5, 0.6) is 0 Å². The Balaban J connectivity index is 1.71. The van der Waals surface area contributed by atoms with Gasteiger partial charge in [-0.3, -0.25) is 14.3 Å². The highest BCUT2D eigenvalue weighted by molar-refractivity contribution is 5.81. The first-order chi connectivity index (χ1) is 16.9. The van der Waals surface area contributed by atoms with Crippen LogP contribution in [0, 0.1) is 6.92 Å². The van der Waals surface area contributed by atoms with Crippen LogP contribution in [0.3, 0.4) is 0 Å². The van der Waals surface area contributed by atoms with Gasteiger partial charge in [-0.2, -0.15) is 0 Å². The van der Waals surface area contributed by atoms with Crippen molar-refractivity contribution in [3.8, 4) is 22.4 Å². The van der Waals surface area contributed by atoms with Gasteiger partial charge in [0.05, 0.1) is 11.3 Å². The summed E-state index contributed by atoms with van der Waals surface area (Å²) in [5, 5.41) is 7.09. The molecule has 1 atom stereocenters. The average molecular weight is 468 g/mol. The van der Waals surface area contributed by atoms with Gasteiger partial charge < -0.3 is 10.6 Å². The second-order valence-electron chi connectivity index (χ2n) is 9.22. The van der Waals surface area contributed by atoms with E-state index in [1.54, 1.807) is 24.0 Å². The standard InChI is InChI=1S/C29H33N5O/c1-20(2)32-25(18-22-10-6-5-7-11-22)19-31-29-33-27(23-13-15-30-16-14-23)26(28(35)34(29)4)24-12-8-9-21(3)17-24/h5-17,20,25,32H,18-19H2,1-4H3,(H,31,33)/t25-/m0/s1. The summed E-state index contributed by atoms with van der Waals surface area (Å²) in [5.41, 5.74) is 5.24. The fraction of sp³-hybridized carbons (Fsp3) is 0.276. The zero-order chi connectivity index (χ0) is 24.8. The smallest absolute Gasteiger partial charge is 0.263 e. The molecule has 2 N–H and O–H groups in total. The van der Waals surface area contributed by atoms with Gasteiger partial charge in [-0.15, -0.1) is 0 Å². The average Bonchev–Trinajstić information content (AvgIpc) is 2.85. The molecule has 0 aliphatic rings. The first-order valence-electron chi connectivity index (χ1n) is 12.0. The Hall–Kier alpha value is -3.77. The number of hydrogen-bond donors (Lipinski definition) is 2. The lowest BCUT2D eigenvalue weighted by Gasteiger charge is -2.23. The first kappa shape index (κ1) is 24.4. The lowest BCUT2D eigenvalue weighted by atomic mass is 9.99. The van der Waals surface area contributed by atoms with E-state index in [2.05, 4.69) is 53.7 Å². The summed E-state index contributed by atoms with van der Waals surface area (Å²) in [4.78, 5) is 22.8. The van der Waals surface area contributed by atoms with Crippen molar-refractivity contribution >= 4 is 5.95 Å². The molecule has 0 saturated heterocycles. The summed E-state index contributed by atoms with van der Waals surface area (Å²) < 4.78 is 1.61. The van der Waals surface area contributed by atoms with Crippen molar-refractivity contribution in [1.82, 2.24) is 19.9 Å². The fourth-order valence-corrected chi connectivity index (χ4v) is 4.31. The van der Waals surface area contributed by atoms with E-state index >= 15 is 0 Å². The number of benzene rings is 2. The van der Waals surface area contributed by atoms with Crippen molar-refractivity contribution in [2.45, 2.75) is 39.3 Å². The molecule has 2 aromatic heterocycles. The summed E-state index contributed by atoms with van der Waals surface area (Å²) in [5.74, 6) is 0.543. The topological polar surface area (TPSA) is 71.8 Å². The molecular formula is C29H33N5O. The van der Waals surface area contributed by atoms with E-state index < -0.39 is 0 Å². The van der Waals surface area contributed by atoms with Crippen molar-refractivity contribution in [3.05, 3.63) is 101 Å². The first-order valence-corrected chi connectivity index (χ1v) is 12.0. The van der Waals surface area contributed by atoms with Gasteiger partial charge in [0, 0.05) is 43.6 Å². The van der Waals surface area contributed by atoms with Gasteiger partial charge in [0.1, 0.15) is 0 Å². The molecule has 2 aromatic carbocycles. The monoisotopic (exact) mass is 467 g/mol. The van der Waals surface area contributed by atoms with E-state index in [1.807, 2.05) is 49.4 Å². The Morgan fingerprint density at radius 3 is 2.37 bits per heavy atom. The molecule has 2 heterocycles. The Morgan fingerprint density at radius 2 is 1.69 bits per heavy atom. The molecular weight excluding hydrogens is 434 g/mol. The van der Waals surface area contributed by atoms with Crippen LogP contribution < -0.4 is 16.2 Å². The van der Waals surface area contributed by atoms with Crippen LogP contribution >= 0.6 is 0 Å². The van der Waals surface area contributed by atoms with Crippen LogP contribution in [0.2, 0.25) is 0 Å². The lowest BCUT2D eigenvalue weighted by Crippen LogP contribution is -2.42. The maximum atomic E-state index is 13.7. The Labute approximate surface area is 207 Å². The zero-order valence-corrected chi connectivity index (χ0v) is 20.8. The number of rotatable bonds is 9. The highest BCUT2D eigenvalue weighted by Gasteiger charge is 2.19. The van der Waals surface area contributed by atoms with E-state index in [1.165, 1.54) is 5.56 Å². The third-order valence-electron chi connectivity index (χ3n) is 5.95. The minimum Gasteiger partial charge on any atom is -0.354 e. The Bertz CT molecular complexity index is 1320. The van der Waals surface area contributed by atoms with E-state index in [0.29, 0.717) is 29.8 Å². The third-order valence-corrected chi connectivity index (χ3v) is 5.95. The predicted octanol–water partition coefficient (Wildman–Crippen LogP) is 4.84. The van der Waals surface area contributed by atoms with Crippen molar-refractivity contribution in [3.63, 3.8) is 0 Å². The Kier molecular flexibility index (Phi) is 7.73. The number of nitrogens with zero attached hydrogens (tertiary/aromatic N) is 3. The lowest BCUT2D eigenvalue weighted by molar-refractivity contribution is 0.473. The maximum absolute atomic E-state index is 13.7. The van der Waals surface area contributed by atoms with Crippen molar-refractivity contribution in [2.75, 3.05) is 11.9 Å². The van der Waals surface area contributed by atoms with Gasteiger partial charge in [-0.25, -0.2) is 4.98 Å². The largest absolute Gasteiger partial charge is 0.354 e. The second kappa shape index (κ2) is 11.1. The molecule has 180 valence electrons. The number of aromatic nitrogens is 3. The molecule has 0 fully saturated rings. The van der Waals surface area contributed by atoms with Crippen LogP contribution in [0.1, 0.15) is 25.0 Å². The van der Waals surface area contributed by atoms with Gasteiger partial charge in [0.15, 0.2) is 0 Å².